The molecular weight excluding hydrogens is 292 g/mol. The van der Waals surface area contributed by atoms with E-state index in [1.807, 2.05) is 36.4 Å². The largest absolute Gasteiger partial charge is 0.496 e. The van der Waals surface area contributed by atoms with Gasteiger partial charge in [-0.05, 0) is 30.7 Å². The van der Waals surface area contributed by atoms with Gasteiger partial charge in [0.05, 0.1) is 12.7 Å². The predicted molar refractivity (Wildman–Crippen MR) is 84.0 cm³/mol. The smallest absolute Gasteiger partial charge is 0.164 e. The number of methoxy groups -OCH3 is 1. The summed E-state index contributed by atoms with van der Waals surface area (Å²) >= 11 is 7.73. The Kier molecular flexibility index (Phi) is 5.10. The summed E-state index contributed by atoms with van der Waals surface area (Å²) in [6.45, 7) is 1.55. The molecule has 0 N–H and O–H groups in total. The maximum absolute atomic E-state index is 11.8. The summed E-state index contributed by atoms with van der Waals surface area (Å²) in [5.74, 6) is 1.33. The molecule has 20 heavy (non-hydrogen) atoms. The average Bonchev–Trinajstić information content (AvgIpc) is 2.45. The number of rotatable bonds is 5. The van der Waals surface area contributed by atoms with E-state index in [1.54, 1.807) is 31.9 Å². The molecule has 2 aromatic rings. The van der Waals surface area contributed by atoms with Gasteiger partial charge in [0, 0.05) is 15.7 Å². The van der Waals surface area contributed by atoms with Crippen LogP contribution in [0.2, 0.25) is 5.02 Å². The lowest BCUT2D eigenvalue weighted by molar-refractivity contribution is 0.101. The van der Waals surface area contributed by atoms with Crippen LogP contribution in [0.1, 0.15) is 22.8 Å². The van der Waals surface area contributed by atoms with Crippen molar-refractivity contribution in [1.82, 2.24) is 0 Å². The molecule has 0 unspecified atom stereocenters. The summed E-state index contributed by atoms with van der Waals surface area (Å²) in [4.78, 5) is 12.7. The Morgan fingerprint density at radius 1 is 1.20 bits per heavy atom. The molecule has 0 atom stereocenters. The van der Waals surface area contributed by atoms with Crippen molar-refractivity contribution in [3.8, 4) is 5.75 Å². The van der Waals surface area contributed by atoms with Gasteiger partial charge in [-0.1, -0.05) is 35.9 Å². The number of carbonyl (C=O) groups excluding carboxylic acids is 1. The molecule has 0 aromatic heterocycles. The second-order valence-electron chi connectivity index (χ2n) is 4.27. The van der Waals surface area contributed by atoms with E-state index in [-0.39, 0.29) is 5.78 Å². The van der Waals surface area contributed by atoms with Gasteiger partial charge in [0.15, 0.2) is 5.78 Å². The number of thioether (sulfide) groups is 1. The van der Waals surface area contributed by atoms with E-state index in [0.29, 0.717) is 17.1 Å². The zero-order valence-electron chi connectivity index (χ0n) is 11.4. The lowest BCUT2D eigenvalue weighted by atomic mass is 10.1. The molecular formula is C16H15ClO2S. The van der Waals surface area contributed by atoms with E-state index in [0.717, 1.165) is 15.5 Å². The Morgan fingerprint density at radius 2 is 1.95 bits per heavy atom. The normalized spacial score (nSPS) is 10.3. The summed E-state index contributed by atoms with van der Waals surface area (Å²) in [5.41, 5.74) is 1.68. The molecule has 4 heteroatoms. The average molecular weight is 307 g/mol. The van der Waals surface area contributed by atoms with Crippen molar-refractivity contribution in [2.75, 3.05) is 7.11 Å². The number of halogens is 1. The molecule has 0 amide bonds. The van der Waals surface area contributed by atoms with E-state index in [9.17, 15) is 4.79 Å². The van der Waals surface area contributed by atoms with Crippen molar-refractivity contribution in [2.45, 2.75) is 17.6 Å². The van der Waals surface area contributed by atoms with Crippen molar-refractivity contribution < 1.29 is 9.53 Å². The Morgan fingerprint density at radius 3 is 2.60 bits per heavy atom. The first-order valence-corrected chi connectivity index (χ1v) is 7.54. The van der Waals surface area contributed by atoms with Crippen LogP contribution in [0.3, 0.4) is 0 Å². The molecule has 0 radical (unpaired) electrons. The van der Waals surface area contributed by atoms with E-state index in [2.05, 4.69) is 0 Å². The minimum Gasteiger partial charge on any atom is -0.496 e. The van der Waals surface area contributed by atoms with Gasteiger partial charge in [-0.3, -0.25) is 4.79 Å². The van der Waals surface area contributed by atoms with Crippen LogP contribution in [0.5, 0.6) is 5.75 Å². The van der Waals surface area contributed by atoms with E-state index >= 15 is 0 Å². The minimum absolute atomic E-state index is 0.00380. The first-order valence-electron chi connectivity index (χ1n) is 6.17. The van der Waals surface area contributed by atoms with Gasteiger partial charge < -0.3 is 4.74 Å². The maximum atomic E-state index is 11.8. The number of hydrogen-bond acceptors (Lipinski definition) is 3. The molecule has 2 aromatic carbocycles. The first kappa shape index (κ1) is 14.9. The Labute approximate surface area is 128 Å². The molecule has 2 nitrogen and oxygen atoms in total. The van der Waals surface area contributed by atoms with Gasteiger partial charge in [0.1, 0.15) is 5.75 Å². The quantitative estimate of drug-likeness (QED) is 0.584. The van der Waals surface area contributed by atoms with Gasteiger partial charge in [0.2, 0.25) is 0 Å². The fourth-order valence-electron chi connectivity index (χ4n) is 1.92. The third-order valence-corrected chi connectivity index (χ3v) is 4.38. The van der Waals surface area contributed by atoms with Gasteiger partial charge in [-0.15, -0.1) is 11.8 Å². The van der Waals surface area contributed by atoms with Crippen LogP contribution < -0.4 is 4.74 Å². The fourth-order valence-corrected chi connectivity index (χ4v) is 3.33. The van der Waals surface area contributed by atoms with Crippen LogP contribution in [-0.2, 0) is 5.75 Å². The number of ketones is 1. The minimum atomic E-state index is 0.00380. The molecule has 0 aliphatic heterocycles. The van der Waals surface area contributed by atoms with Crippen LogP contribution in [-0.4, -0.2) is 12.9 Å². The molecule has 0 aliphatic carbocycles. The molecule has 0 heterocycles. The SMILES string of the molecule is COc1cccc(SCc2ccccc2Cl)c1C(C)=O. The van der Waals surface area contributed by atoms with Crippen molar-refractivity contribution in [1.29, 1.82) is 0 Å². The van der Waals surface area contributed by atoms with Gasteiger partial charge in [-0.2, -0.15) is 0 Å². The third kappa shape index (κ3) is 3.35. The number of ether oxygens (including phenoxy) is 1. The Bertz CT molecular complexity index is 626. The van der Waals surface area contributed by atoms with Crippen LogP contribution in [0.4, 0.5) is 0 Å². The van der Waals surface area contributed by atoms with Crippen LogP contribution >= 0.6 is 23.4 Å². The molecule has 0 spiro atoms. The summed E-state index contributed by atoms with van der Waals surface area (Å²) in [7, 11) is 1.57. The molecule has 0 saturated carbocycles. The van der Waals surface area contributed by atoms with Crippen LogP contribution in [0.15, 0.2) is 47.4 Å². The Balaban J connectivity index is 2.26. The van der Waals surface area contributed by atoms with Crippen molar-refractivity contribution in [3.63, 3.8) is 0 Å². The summed E-state index contributed by atoms with van der Waals surface area (Å²) in [6.07, 6.45) is 0. The number of hydrogen-bond donors (Lipinski definition) is 0. The van der Waals surface area contributed by atoms with Gasteiger partial charge in [0.25, 0.3) is 0 Å². The third-order valence-electron chi connectivity index (χ3n) is 2.90. The first-order chi connectivity index (χ1) is 9.63. The lowest BCUT2D eigenvalue weighted by Crippen LogP contribution is -2.00. The summed E-state index contributed by atoms with van der Waals surface area (Å²) in [5, 5.41) is 0.743. The van der Waals surface area contributed by atoms with E-state index in [4.69, 9.17) is 16.3 Å². The second kappa shape index (κ2) is 6.82. The second-order valence-corrected chi connectivity index (χ2v) is 5.69. The standard InChI is InChI=1S/C16H15ClO2S/c1-11(18)16-14(19-2)8-5-9-15(16)20-10-12-6-3-4-7-13(12)17/h3-9H,10H2,1-2H3. The fraction of sp³-hybridized carbons (Fsp3) is 0.188. The predicted octanol–water partition coefficient (Wildman–Crippen LogP) is 4.84. The van der Waals surface area contributed by atoms with Gasteiger partial charge >= 0.3 is 0 Å². The highest BCUT2D eigenvalue weighted by Gasteiger charge is 2.14. The van der Waals surface area contributed by atoms with Crippen LogP contribution in [0.25, 0.3) is 0 Å². The molecule has 0 bridgehead atoms. The molecule has 2 rings (SSSR count). The summed E-state index contributed by atoms with van der Waals surface area (Å²) in [6, 6.07) is 13.3. The highest BCUT2D eigenvalue weighted by atomic mass is 35.5. The molecule has 0 fully saturated rings. The van der Waals surface area contributed by atoms with Crippen molar-refractivity contribution >= 4 is 29.1 Å². The number of carbonyl (C=O) groups is 1. The van der Waals surface area contributed by atoms with Crippen LogP contribution in [0, 0.1) is 0 Å². The Hall–Kier alpha value is -1.45. The van der Waals surface area contributed by atoms with Crippen molar-refractivity contribution in [2.24, 2.45) is 0 Å². The van der Waals surface area contributed by atoms with Gasteiger partial charge in [-0.25, -0.2) is 0 Å². The zero-order valence-corrected chi connectivity index (χ0v) is 12.9. The maximum Gasteiger partial charge on any atom is 0.164 e. The lowest BCUT2D eigenvalue weighted by Gasteiger charge is -2.11. The van der Waals surface area contributed by atoms with E-state index in [1.165, 1.54) is 0 Å². The highest BCUT2D eigenvalue weighted by Crippen LogP contribution is 2.33. The van der Waals surface area contributed by atoms with Crippen molar-refractivity contribution in [3.05, 3.63) is 58.6 Å². The monoisotopic (exact) mass is 306 g/mol. The number of benzene rings is 2. The van der Waals surface area contributed by atoms with E-state index < -0.39 is 0 Å². The molecule has 0 aliphatic rings. The molecule has 104 valence electrons. The topological polar surface area (TPSA) is 26.3 Å². The number of Topliss-reactive ketones (excluding diaryl/α,β-unsaturated/α-hetero) is 1. The highest BCUT2D eigenvalue weighted by molar-refractivity contribution is 7.98. The molecule has 0 saturated heterocycles. The summed E-state index contributed by atoms with van der Waals surface area (Å²) < 4.78 is 5.26. The zero-order chi connectivity index (χ0) is 14.5.